The normalized spacial score (nSPS) is 21.4. The topological polar surface area (TPSA) is 53.6 Å². The van der Waals surface area contributed by atoms with Crippen LogP contribution in [0.15, 0.2) is 24.3 Å². The van der Waals surface area contributed by atoms with Crippen LogP contribution in [0.3, 0.4) is 0 Å². The second-order valence-electron chi connectivity index (χ2n) is 6.49. The highest BCUT2D eigenvalue weighted by atomic mass is 35.5. The van der Waals surface area contributed by atoms with Crippen LogP contribution in [0, 0.1) is 5.92 Å². The molecule has 1 aromatic carbocycles. The van der Waals surface area contributed by atoms with Crippen LogP contribution >= 0.6 is 11.6 Å². The summed E-state index contributed by atoms with van der Waals surface area (Å²) in [6, 6.07) is 8.10. The first-order chi connectivity index (χ1) is 11.7. The predicted octanol–water partition coefficient (Wildman–Crippen LogP) is 1.83. The fourth-order valence-electron chi connectivity index (χ4n) is 3.46. The minimum Gasteiger partial charge on any atom is -0.379 e. The van der Waals surface area contributed by atoms with E-state index >= 15 is 0 Å². The van der Waals surface area contributed by atoms with Gasteiger partial charge in [0.05, 0.1) is 19.3 Å². The molecular weight excluding hydrogens is 326 g/mol. The third-order valence-electron chi connectivity index (χ3n) is 4.92. The van der Waals surface area contributed by atoms with Crippen LogP contribution in [0.5, 0.6) is 0 Å². The SMILES string of the molecule is O=C(NCC(c1ccc(Cl)cc1)N1CCOCC1)C1CCNCC1. The molecule has 2 aliphatic heterocycles. The molecule has 2 N–H and O–H groups in total. The number of amides is 1. The second-order valence-corrected chi connectivity index (χ2v) is 6.92. The lowest BCUT2D eigenvalue weighted by Crippen LogP contribution is -2.45. The average Bonchev–Trinajstić information content (AvgIpc) is 2.65. The number of hydrogen-bond acceptors (Lipinski definition) is 4. The Hall–Kier alpha value is -1.14. The van der Waals surface area contributed by atoms with Crippen molar-refractivity contribution in [3.63, 3.8) is 0 Å². The first-order valence-corrected chi connectivity index (χ1v) is 9.17. The average molecular weight is 352 g/mol. The Bertz CT molecular complexity index is 526. The number of nitrogens with one attached hydrogen (secondary N) is 2. The maximum atomic E-state index is 12.5. The molecular formula is C18H26ClN3O2. The van der Waals surface area contributed by atoms with Crippen molar-refractivity contribution in [2.24, 2.45) is 5.92 Å². The number of nitrogens with zero attached hydrogens (tertiary/aromatic N) is 1. The first kappa shape index (κ1) is 17.7. The van der Waals surface area contributed by atoms with Crippen molar-refractivity contribution in [2.75, 3.05) is 45.9 Å². The number of carbonyl (C=O) groups excluding carboxylic acids is 1. The summed E-state index contributed by atoms with van der Waals surface area (Å²) < 4.78 is 5.47. The number of rotatable bonds is 5. The molecule has 2 heterocycles. The summed E-state index contributed by atoms with van der Waals surface area (Å²) in [6.45, 7) is 5.75. The van der Waals surface area contributed by atoms with Crippen LogP contribution in [-0.2, 0) is 9.53 Å². The molecule has 0 aromatic heterocycles. The van der Waals surface area contributed by atoms with Gasteiger partial charge in [-0.1, -0.05) is 23.7 Å². The lowest BCUT2D eigenvalue weighted by atomic mass is 9.97. The summed E-state index contributed by atoms with van der Waals surface area (Å²) in [7, 11) is 0. The van der Waals surface area contributed by atoms with Crippen molar-refractivity contribution in [3.05, 3.63) is 34.9 Å². The van der Waals surface area contributed by atoms with E-state index in [2.05, 4.69) is 27.7 Å². The number of benzene rings is 1. The number of halogens is 1. The van der Waals surface area contributed by atoms with E-state index in [1.165, 1.54) is 5.56 Å². The highest BCUT2D eigenvalue weighted by Crippen LogP contribution is 2.23. The van der Waals surface area contributed by atoms with Gasteiger partial charge in [-0.15, -0.1) is 0 Å². The molecule has 0 radical (unpaired) electrons. The first-order valence-electron chi connectivity index (χ1n) is 8.80. The Balaban J connectivity index is 1.64. The van der Waals surface area contributed by atoms with Crippen molar-refractivity contribution >= 4 is 17.5 Å². The smallest absolute Gasteiger partial charge is 0.223 e. The summed E-state index contributed by atoms with van der Waals surface area (Å²) in [5.74, 6) is 0.325. The molecule has 132 valence electrons. The van der Waals surface area contributed by atoms with Gasteiger partial charge in [0.1, 0.15) is 0 Å². The van der Waals surface area contributed by atoms with Gasteiger partial charge in [0.15, 0.2) is 0 Å². The molecule has 6 heteroatoms. The van der Waals surface area contributed by atoms with Gasteiger partial charge < -0.3 is 15.4 Å². The fraction of sp³-hybridized carbons (Fsp3) is 0.611. The van der Waals surface area contributed by atoms with E-state index < -0.39 is 0 Å². The number of morpholine rings is 1. The molecule has 0 spiro atoms. The maximum Gasteiger partial charge on any atom is 0.223 e. The van der Waals surface area contributed by atoms with Gasteiger partial charge >= 0.3 is 0 Å². The largest absolute Gasteiger partial charge is 0.379 e. The Morgan fingerprint density at radius 2 is 1.92 bits per heavy atom. The van der Waals surface area contributed by atoms with E-state index in [0.29, 0.717) is 6.54 Å². The Morgan fingerprint density at radius 3 is 2.58 bits per heavy atom. The van der Waals surface area contributed by atoms with E-state index in [0.717, 1.165) is 57.3 Å². The van der Waals surface area contributed by atoms with Gasteiger partial charge in [-0.3, -0.25) is 9.69 Å². The quantitative estimate of drug-likeness (QED) is 0.849. The van der Waals surface area contributed by atoms with Crippen LogP contribution in [0.25, 0.3) is 0 Å². The fourth-order valence-corrected chi connectivity index (χ4v) is 3.58. The lowest BCUT2D eigenvalue weighted by molar-refractivity contribution is -0.126. The summed E-state index contributed by atoms with van der Waals surface area (Å²) in [4.78, 5) is 14.9. The monoisotopic (exact) mass is 351 g/mol. The number of ether oxygens (including phenoxy) is 1. The molecule has 24 heavy (non-hydrogen) atoms. The van der Waals surface area contributed by atoms with Crippen LogP contribution in [0.4, 0.5) is 0 Å². The summed E-state index contributed by atoms with van der Waals surface area (Å²) in [5, 5.41) is 7.22. The molecule has 0 saturated carbocycles. The minimum atomic E-state index is 0.141. The Morgan fingerprint density at radius 1 is 1.25 bits per heavy atom. The van der Waals surface area contributed by atoms with Crippen LogP contribution in [0.1, 0.15) is 24.4 Å². The minimum absolute atomic E-state index is 0.141. The third kappa shape index (κ3) is 4.70. The van der Waals surface area contributed by atoms with Crippen molar-refractivity contribution in [3.8, 4) is 0 Å². The summed E-state index contributed by atoms with van der Waals surface area (Å²) in [6.07, 6.45) is 1.85. The molecule has 2 saturated heterocycles. The van der Waals surface area contributed by atoms with Gasteiger partial charge in [0.2, 0.25) is 5.91 Å². The molecule has 1 amide bonds. The Labute approximate surface area is 148 Å². The molecule has 1 atom stereocenters. The zero-order valence-electron chi connectivity index (χ0n) is 14.0. The maximum absolute atomic E-state index is 12.5. The number of piperidine rings is 1. The standard InChI is InChI=1S/C18H26ClN3O2/c19-16-3-1-14(2-4-16)17(22-9-11-24-12-10-22)13-21-18(23)15-5-7-20-8-6-15/h1-4,15,17,20H,5-13H2,(H,21,23). The molecule has 1 unspecified atom stereocenters. The highest BCUT2D eigenvalue weighted by molar-refractivity contribution is 6.30. The van der Waals surface area contributed by atoms with Gasteiger partial charge in [-0.05, 0) is 43.6 Å². The van der Waals surface area contributed by atoms with Crippen LogP contribution in [-0.4, -0.2) is 56.7 Å². The molecule has 3 rings (SSSR count). The van der Waals surface area contributed by atoms with Crippen LogP contribution < -0.4 is 10.6 Å². The van der Waals surface area contributed by atoms with E-state index in [1.807, 2.05) is 12.1 Å². The summed E-state index contributed by atoms with van der Waals surface area (Å²) >= 11 is 6.02. The molecule has 0 bridgehead atoms. The lowest BCUT2D eigenvalue weighted by Gasteiger charge is -2.35. The van der Waals surface area contributed by atoms with Gasteiger partial charge in [-0.25, -0.2) is 0 Å². The van der Waals surface area contributed by atoms with Crippen LogP contribution in [0.2, 0.25) is 5.02 Å². The summed E-state index contributed by atoms with van der Waals surface area (Å²) in [5.41, 5.74) is 1.19. The predicted molar refractivity (Wildman–Crippen MR) is 95.2 cm³/mol. The molecule has 2 aliphatic rings. The highest BCUT2D eigenvalue weighted by Gasteiger charge is 2.25. The van der Waals surface area contributed by atoms with Crippen molar-refractivity contribution < 1.29 is 9.53 Å². The molecule has 5 nitrogen and oxygen atoms in total. The van der Waals surface area contributed by atoms with E-state index in [9.17, 15) is 4.79 Å². The van der Waals surface area contributed by atoms with Crippen molar-refractivity contribution in [1.29, 1.82) is 0 Å². The van der Waals surface area contributed by atoms with Gasteiger partial charge in [-0.2, -0.15) is 0 Å². The van der Waals surface area contributed by atoms with Crippen molar-refractivity contribution in [2.45, 2.75) is 18.9 Å². The Kier molecular flexibility index (Phi) is 6.49. The van der Waals surface area contributed by atoms with E-state index in [-0.39, 0.29) is 17.9 Å². The second kappa shape index (κ2) is 8.81. The van der Waals surface area contributed by atoms with E-state index in [1.54, 1.807) is 0 Å². The van der Waals surface area contributed by atoms with Gasteiger partial charge in [0.25, 0.3) is 0 Å². The molecule has 2 fully saturated rings. The van der Waals surface area contributed by atoms with Gasteiger partial charge in [0, 0.05) is 30.6 Å². The third-order valence-corrected chi connectivity index (χ3v) is 5.17. The zero-order valence-corrected chi connectivity index (χ0v) is 14.7. The van der Waals surface area contributed by atoms with Crippen molar-refractivity contribution in [1.82, 2.24) is 15.5 Å². The number of carbonyl (C=O) groups is 1. The molecule has 1 aromatic rings. The number of hydrogen-bond donors (Lipinski definition) is 2. The zero-order chi connectivity index (χ0) is 16.8. The van der Waals surface area contributed by atoms with E-state index in [4.69, 9.17) is 16.3 Å². The molecule has 0 aliphatic carbocycles.